The van der Waals surface area contributed by atoms with E-state index >= 15 is 0 Å². The van der Waals surface area contributed by atoms with Crippen molar-refractivity contribution >= 4 is 0 Å². The first-order chi connectivity index (χ1) is 8.77. The van der Waals surface area contributed by atoms with Gasteiger partial charge in [-0.15, -0.1) is 0 Å². The number of nitrogens with zero attached hydrogens (tertiary/aromatic N) is 1. The molecular formula is C17H23N. The van der Waals surface area contributed by atoms with E-state index in [1.807, 2.05) is 0 Å². The summed E-state index contributed by atoms with van der Waals surface area (Å²) in [5.74, 6) is 0.672. The summed E-state index contributed by atoms with van der Waals surface area (Å²) in [7, 11) is 0. The molecule has 0 aromatic heterocycles. The van der Waals surface area contributed by atoms with Gasteiger partial charge in [0, 0.05) is 12.1 Å². The smallest absolute Gasteiger partial charge is 0.0388 e. The second kappa shape index (κ2) is 4.89. The Morgan fingerprint density at radius 1 is 1.17 bits per heavy atom. The average Bonchev–Trinajstić information content (AvgIpc) is 2.44. The van der Waals surface area contributed by atoms with Crippen LogP contribution in [-0.2, 0) is 0 Å². The monoisotopic (exact) mass is 241 g/mol. The van der Waals surface area contributed by atoms with Crippen LogP contribution in [0, 0.1) is 5.92 Å². The van der Waals surface area contributed by atoms with Crippen molar-refractivity contribution in [2.75, 3.05) is 6.54 Å². The van der Waals surface area contributed by atoms with Crippen LogP contribution in [0.2, 0.25) is 0 Å². The molecule has 2 aliphatic rings. The van der Waals surface area contributed by atoms with E-state index in [-0.39, 0.29) is 0 Å². The Bertz CT molecular complexity index is 422. The molecule has 2 fully saturated rings. The largest absolute Gasteiger partial charge is 0.292 e. The molecule has 2 heterocycles. The molecule has 0 unspecified atom stereocenters. The van der Waals surface area contributed by atoms with E-state index in [2.05, 4.69) is 48.7 Å². The molecule has 18 heavy (non-hydrogen) atoms. The van der Waals surface area contributed by atoms with Gasteiger partial charge in [-0.2, -0.15) is 0 Å². The highest BCUT2D eigenvalue weighted by molar-refractivity contribution is 5.24. The first kappa shape index (κ1) is 12.0. The number of hydrogen-bond donors (Lipinski definition) is 0. The number of benzene rings is 1. The summed E-state index contributed by atoms with van der Waals surface area (Å²) in [5.41, 5.74) is 2.92. The third kappa shape index (κ3) is 2.01. The maximum Gasteiger partial charge on any atom is 0.0388 e. The molecule has 2 saturated heterocycles. The molecule has 0 N–H and O–H groups in total. The molecule has 0 saturated carbocycles. The van der Waals surface area contributed by atoms with Crippen LogP contribution in [0.3, 0.4) is 0 Å². The van der Waals surface area contributed by atoms with Crippen LogP contribution in [-0.4, -0.2) is 17.5 Å². The van der Waals surface area contributed by atoms with Gasteiger partial charge in [-0.25, -0.2) is 0 Å². The molecule has 96 valence electrons. The minimum absolute atomic E-state index is 0.570. The lowest BCUT2D eigenvalue weighted by Gasteiger charge is -2.49. The summed E-state index contributed by atoms with van der Waals surface area (Å²) < 4.78 is 0. The van der Waals surface area contributed by atoms with E-state index in [9.17, 15) is 0 Å². The summed E-state index contributed by atoms with van der Waals surface area (Å²) in [6.07, 6.45) is 5.24. The first-order valence-corrected chi connectivity index (χ1v) is 7.25. The predicted molar refractivity (Wildman–Crippen MR) is 76.4 cm³/mol. The minimum Gasteiger partial charge on any atom is -0.292 e. The number of rotatable bonds is 1. The maximum atomic E-state index is 4.34. The lowest BCUT2D eigenvalue weighted by molar-refractivity contribution is 0.0441. The quantitative estimate of drug-likeness (QED) is 0.667. The molecule has 0 bridgehead atoms. The van der Waals surface area contributed by atoms with Gasteiger partial charge in [0.05, 0.1) is 0 Å². The molecule has 0 radical (unpaired) electrons. The predicted octanol–water partition coefficient (Wildman–Crippen LogP) is 4.18. The fraction of sp³-hybridized carbons (Fsp3) is 0.529. The van der Waals surface area contributed by atoms with E-state index in [1.165, 1.54) is 36.9 Å². The van der Waals surface area contributed by atoms with Gasteiger partial charge in [0.15, 0.2) is 0 Å². The van der Waals surface area contributed by atoms with E-state index in [1.54, 1.807) is 0 Å². The molecule has 3 atom stereocenters. The van der Waals surface area contributed by atoms with Gasteiger partial charge < -0.3 is 0 Å². The van der Waals surface area contributed by atoms with Crippen molar-refractivity contribution in [1.82, 2.24) is 4.90 Å². The van der Waals surface area contributed by atoms with Crippen LogP contribution in [0.5, 0.6) is 0 Å². The van der Waals surface area contributed by atoms with Crippen LogP contribution in [0.15, 0.2) is 42.5 Å². The molecule has 2 aliphatic heterocycles. The van der Waals surface area contributed by atoms with Gasteiger partial charge in [-0.05, 0) is 37.3 Å². The summed E-state index contributed by atoms with van der Waals surface area (Å²) in [4.78, 5) is 2.75. The van der Waals surface area contributed by atoms with Crippen molar-refractivity contribution in [3.05, 3.63) is 48.0 Å². The van der Waals surface area contributed by atoms with Gasteiger partial charge in [-0.1, -0.05) is 55.8 Å². The fourth-order valence-electron chi connectivity index (χ4n) is 3.71. The molecule has 3 rings (SSSR count). The normalized spacial score (nSPS) is 33.2. The average molecular weight is 241 g/mol. The van der Waals surface area contributed by atoms with Crippen molar-refractivity contribution in [3.8, 4) is 0 Å². The van der Waals surface area contributed by atoms with Gasteiger partial charge >= 0.3 is 0 Å². The minimum atomic E-state index is 0.570. The van der Waals surface area contributed by atoms with Gasteiger partial charge in [-0.3, -0.25) is 4.90 Å². The highest BCUT2D eigenvalue weighted by atomic mass is 15.2. The van der Waals surface area contributed by atoms with Crippen molar-refractivity contribution in [2.45, 2.75) is 44.7 Å². The highest BCUT2D eigenvalue weighted by Gasteiger charge is 2.38. The van der Waals surface area contributed by atoms with Crippen LogP contribution >= 0.6 is 0 Å². The standard InChI is InChI=1S/C17H23N/c1-13-12-17(15-8-4-3-5-9-15)18-11-7-6-10-16(18)14(13)2/h3-5,8-9,14,16-17H,1,6-7,10-12H2,2H3/t14-,16-,17-/m0/s1. The maximum absolute atomic E-state index is 4.34. The number of hydrogen-bond acceptors (Lipinski definition) is 1. The Labute approximate surface area is 111 Å². The van der Waals surface area contributed by atoms with Gasteiger partial charge in [0.25, 0.3) is 0 Å². The summed E-state index contributed by atoms with van der Waals surface area (Å²) in [5, 5.41) is 0. The van der Waals surface area contributed by atoms with Crippen molar-refractivity contribution < 1.29 is 0 Å². The third-order valence-electron chi connectivity index (χ3n) is 4.85. The summed E-state index contributed by atoms with van der Waals surface area (Å²) >= 11 is 0. The highest BCUT2D eigenvalue weighted by Crippen LogP contribution is 2.43. The molecular weight excluding hydrogens is 218 g/mol. The number of fused-ring (bicyclic) bond motifs is 1. The lowest BCUT2D eigenvalue weighted by Crippen LogP contribution is -2.49. The van der Waals surface area contributed by atoms with Crippen molar-refractivity contribution in [3.63, 3.8) is 0 Å². The second-order valence-electron chi connectivity index (χ2n) is 5.88. The number of piperidine rings is 2. The Balaban J connectivity index is 1.91. The Morgan fingerprint density at radius 2 is 1.94 bits per heavy atom. The van der Waals surface area contributed by atoms with E-state index in [4.69, 9.17) is 0 Å². The fourth-order valence-corrected chi connectivity index (χ4v) is 3.71. The zero-order chi connectivity index (χ0) is 12.5. The van der Waals surface area contributed by atoms with Gasteiger partial charge in [0.1, 0.15) is 0 Å². The topological polar surface area (TPSA) is 3.24 Å². The molecule has 1 heteroatoms. The summed E-state index contributed by atoms with van der Waals surface area (Å²) in [6, 6.07) is 12.3. The zero-order valence-electron chi connectivity index (χ0n) is 11.3. The van der Waals surface area contributed by atoms with Crippen LogP contribution in [0.4, 0.5) is 0 Å². The Hall–Kier alpha value is -1.08. The molecule has 0 amide bonds. The SMILES string of the molecule is C=C1C[C@@H](c2ccccc2)N2CCCC[C@H]2[C@H]1C. The van der Waals surface area contributed by atoms with Crippen LogP contribution < -0.4 is 0 Å². The van der Waals surface area contributed by atoms with E-state index < -0.39 is 0 Å². The van der Waals surface area contributed by atoms with E-state index in [0.29, 0.717) is 12.0 Å². The van der Waals surface area contributed by atoms with Crippen molar-refractivity contribution in [2.24, 2.45) is 5.92 Å². The van der Waals surface area contributed by atoms with Crippen LogP contribution in [0.1, 0.15) is 44.2 Å². The third-order valence-corrected chi connectivity index (χ3v) is 4.85. The molecule has 1 nitrogen and oxygen atoms in total. The molecule has 0 spiro atoms. The second-order valence-corrected chi connectivity index (χ2v) is 5.88. The molecule has 1 aromatic rings. The van der Waals surface area contributed by atoms with Crippen molar-refractivity contribution in [1.29, 1.82) is 0 Å². The van der Waals surface area contributed by atoms with E-state index in [0.717, 1.165) is 12.5 Å². The Kier molecular flexibility index (Phi) is 3.25. The lowest BCUT2D eigenvalue weighted by atomic mass is 9.77. The molecule has 1 aromatic carbocycles. The van der Waals surface area contributed by atoms with Gasteiger partial charge in [0.2, 0.25) is 0 Å². The first-order valence-electron chi connectivity index (χ1n) is 7.25. The Morgan fingerprint density at radius 3 is 2.72 bits per heavy atom. The summed E-state index contributed by atoms with van der Waals surface area (Å²) in [6.45, 7) is 7.97. The van der Waals surface area contributed by atoms with Crippen LogP contribution in [0.25, 0.3) is 0 Å². The zero-order valence-corrected chi connectivity index (χ0v) is 11.3. The molecule has 0 aliphatic carbocycles.